The zero-order valence-electron chi connectivity index (χ0n) is 14.5. The van der Waals surface area contributed by atoms with Crippen molar-refractivity contribution < 1.29 is 9.59 Å². The Morgan fingerprint density at radius 2 is 1.61 bits per heavy atom. The molecule has 0 unspecified atom stereocenters. The van der Waals surface area contributed by atoms with E-state index >= 15 is 0 Å². The first-order valence-electron chi connectivity index (χ1n) is 8.70. The summed E-state index contributed by atoms with van der Waals surface area (Å²) in [6.45, 7) is 9.07. The van der Waals surface area contributed by atoms with E-state index in [-0.39, 0.29) is 11.8 Å². The molecule has 1 aromatic carbocycles. The summed E-state index contributed by atoms with van der Waals surface area (Å²) in [5, 5.41) is 0. The Hall–Kier alpha value is -1.84. The molecule has 0 spiro atoms. The topological polar surface area (TPSA) is 40.6 Å². The Labute approximate surface area is 139 Å². The van der Waals surface area contributed by atoms with E-state index in [1.165, 1.54) is 5.56 Å². The predicted octanol–water partition coefficient (Wildman–Crippen LogP) is 3.28. The van der Waals surface area contributed by atoms with Crippen molar-refractivity contribution in [3.05, 3.63) is 35.4 Å². The molecule has 0 bridgehead atoms. The molecule has 0 aliphatic carbocycles. The van der Waals surface area contributed by atoms with Gasteiger partial charge in [-0.3, -0.25) is 9.59 Å². The van der Waals surface area contributed by atoms with E-state index in [1.54, 1.807) is 0 Å². The van der Waals surface area contributed by atoms with Crippen molar-refractivity contribution in [2.24, 2.45) is 0 Å². The molecule has 0 atom stereocenters. The summed E-state index contributed by atoms with van der Waals surface area (Å²) < 4.78 is 0. The lowest BCUT2D eigenvalue weighted by molar-refractivity contribution is -0.131. The SMILES string of the molecule is CCCC(=O)N1CCCN(C(=O)c2ccc(C(C)C)cc2)CC1. The van der Waals surface area contributed by atoms with Gasteiger partial charge in [0.25, 0.3) is 5.91 Å². The van der Waals surface area contributed by atoms with Gasteiger partial charge in [0.2, 0.25) is 5.91 Å². The van der Waals surface area contributed by atoms with Crippen LogP contribution in [-0.2, 0) is 4.79 Å². The second-order valence-electron chi connectivity index (χ2n) is 6.55. The van der Waals surface area contributed by atoms with Gasteiger partial charge in [0.15, 0.2) is 0 Å². The lowest BCUT2D eigenvalue weighted by Crippen LogP contribution is -2.37. The van der Waals surface area contributed by atoms with E-state index in [4.69, 9.17) is 0 Å². The lowest BCUT2D eigenvalue weighted by atomic mass is 10.0. The standard InChI is InChI=1S/C19H28N2O2/c1-4-6-18(22)20-11-5-12-21(14-13-20)19(23)17-9-7-16(8-10-17)15(2)3/h7-10,15H,4-6,11-14H2,1-3H3. The average molecular weight is 316 g/mol. The van der Waals surface area contributed by atoms with Crippen LogP contribution < -0.4 is 0 Å². The normalized spacial score (nSPS) is 15.7. The average Bonchev–Trinajstić information content (AvgIpc) is 2.80. The van der Waals surface area contributed by atoms with Gasteiger partial charge < -0.3 is 9.80 Å². The van der Waals surface area contributed by atoms with Crippen LogP contribution in [0.15, 0.2) is 24.3 Å². The highest BCUT2D eigenvalue weighted by Gasteiger charge is 2.22. The first-order chi connectivity index (χ1) is 11.0. The molecule has 0 radical (unpaired) electrons. The summed E-state index contributed by atoms with van der Waals surface area (Å²) in [5.41, 5.74) is 1.98. The Morgan fingerprint density at radius 1 is 1.00 bits per heavy atom. The number of carbonyl (C=O) groups excluding carboxylic acids is 2. The maximum Gasteiger partial charge on any atom is 0.253 e. The number of benzene rings is 1. The zero-order valence-corrected chi connectivity index (χ0v) is 14.5. The fourth-order valence-corrected chi connectivity index (χ4v) is 2.94. The largest absolute Gasteiger partial charge is 0.341 e. The fraction of sp³-hybridized carbons (Fsp3) is 0.579. The van der Waals surface area contributed by atoms with Crippen molar-refractivity contribution in [3.8, 4) is 0 Å². The van der Waals surface area contributed by atoms with Gasteiger partial charge in [-0.05, 0) is 36.5 Å². The van der Waals surface area contributed by atoms with Crippen molar-refractivity contribution in [2.75, 3.05) is 26.2 Å². The molecular weight excluding hydrogens is 288 g/mol. The summed E-state index contributed by atoms with van der Waals surface area (Å²) in [6, 6.07) is 7.91. The third kappa shape index (κ3) is 4.57. The zero-order chi connectivity index (χ0) is 16.8. The smallest absolute Gasteiger partial charge is 0.253 e. The van der Waals surface area contributed by atoms with Crippen LogP contribution in [0.25, 0.3) is 0 Å². The minimum Gasteiger partial charge on any atom is -0.341 e. The molecule has 0 N–H and O–H groups in total. The quantitative estimate of drug-likeness (QED) is 0.855. The molecule has 23 heavy (non-hydrogen) atoms. The van der Waals surface area contributed by atoms with E-state index in [0.29, 0.717) is 25.4 Å². The van der Waals surface area contributed by atoms with Gasteiger partial charge >= 0.3 is 0 Å². The summed E-state index contributed by atoms with van der Waals surface area (Å²) >= 11 is 0. The monoisotopic (exact) mass is 316 g/mol. The molecular formula is C19H28N2O2. The maximum atomic E-state index is 12.7. The fourth-order valence-electron chi connectivity index (χ4n) is 2.94. The van der Waals surface area contributed by atoms with Crippen molar-refractivity contribution in [1.29, 1.82) is 0 Å². The molecule has 4 nitrogen and oxygen atoms in total. The third-order valence-electron chi connectivity index (χ3n) is 4.42. The Bertz CT molecular complexity index is 537. The van der Waals surface area contributed by atoms with E-state index in [1.807, 2.05) is 41.0 Å². The molecule has 0 saturated carbocycles. The van der Waals surface area contributed by atoms with Gasteiger partial charge in [-0.2, -0.15) is 0 Å². The summed E-state index contributed by atoms with van der Waals surface area (Å²) in [7, 11) is 0. The number of nitrogens with zero attached hydrogens (tertiary/aromatic N) is 2. The Morgan fingerprint density at radius 3 is 2.22 bits per heavy atom. The maximum absolute atomic E-state index is 12.7. The van der Waals surface area contributed by atoms with Crippen LogP contribution in [0.1, 0.15) is 61.9 Å². The van der Waals surface area contributed by atoms with Crippen LogP contribution in [0.4, 0.5) is 0 Å². The number of hydrogen-bond acceptors (Lipinski definition) is 2. The highest BCUT2D eigenvalue weighted by molar-refractivity contribution is 5.94. The third-order valence-corrected chi connectivity index (χ3v) is 4.42. The van der Waals surface area contributed by atoms with Crippen molar-refractivity contribution in [2.45, 2.75) is 46.0 Å². The highest BCUT2D eigenvalue weighted by Crippen LogP contribution is 2.16. The Balaban J connectivity index is 1.98. The molecule has 2 amide bonds. The van der Waals surface area contributed by atoms with Crippen molar-refractivity contribution in [1.82, 2.24) is 9.80 Å². The first-order valence-corrected chi connectivity index (χ1v) is 8.70. The summed E-state index contributed by atoms with van der Waals surface area (Å²) in [6.07, 6.45) is 2.33. The minimum absolute atomic E-state index is 0.0742. The summed E-state index contributed by atoms with van der Waals surface area (Å²) in [5.74, 6) is 0.753. The van der Waals surface area contributed by atoms with Crippen molar-refractivity contribution >= 4 is 11.8 Å². The van der Waals surface area contributed by atoms with Crippen molar-refractivity contribution in [3.63, 3.8) is 0 Å². The summed E-state index contributed by atoms with van der Waals surface area (Å²) in [4.78, 5) is 28.5. The van der Waals surface area contributed by atoms with Crippen LogP contribution >= 0.6 is 0 Å². The number of amides is 2. The van der Waals surface area contributed by atoms with E-state index in [0.717, 1.165) is 31.5 Å². The number of hydrogen-bond donors (Lipinski definition) is 0. The van der Waals surface area contributed by atoms with E-state index in [2.05, 4.69) is 13.8 Å². The Kier molecular flexibility index (Phi) is 6.20. The molecule has 2 rings (SSSR count). The molecule has 1 fully saturated rings. The molecule has 1 aliphatic heterocycles. The van der Waals surface area contributed by atoms with E-state index in [9.17, 15) is 9.59 Å². The van der Waals surface area contributed by atoms with Crippen LogP contribution in [0.2, 0.25) is 0 Å². The molecule has 1 heterocycles. The predicted molar refractivity (Wildman–Crippen MR) is 92.5 cm³/mol. The lowest BCUT2D eigenvalue weighted by Gasteiger charge is -2.22. The molecule has 1 aliphatic rings. The molecule has 4 heteroatoms. The van der Waals surface area contributed by atoms with Gasteiger partial charge in [-0.15, -0.1) is 0 Å². The van der Waals surface area contributed by atoms with E-state index < -0.39 is 0 Å². The number of rotatable bonds is 4. The van der Waals surface area contributed by atoms with Gasteiger partial charge in [-0.1, -0.05) is 32.9 Å². The molecule has 1 aromatic rings. The molecule has 1 saturated heterocycles. The number of carbonyl (C=O) groups is 2. The minimum atomic E-state index is 0.0742. The molecule has 126 valence electrons. The molecule has 0 aromatic heterocycles. The highest BCUT2D eigenvalue weighted by atomic mass is 16.2. The van der Waals surface area contributed by atoms with Crippen LogP contribution in [0, 0.1) is 0 Å². The van der Waals surface area contributed by atoms with Crippen LogP contribution in [-0.4, -0.2) is 47.8 Å². The van der Waals surface area contributed by atoms with Crippen LogP contribution in [0.3, 0.4) is 0 Å². The second kappa shape index (κ2) is 8.14. The van der Waals surface area contributed by atoms with Crippen LogP contribution in [0.5, 0.6) is 0 Å². The van der Waals surface area contributed by atoms with Gasteiger partial charge in [0.1, 0.15) is 0 Å². The van der Waals surface area contributed by atoms with Gasteiger partial charge in [-0.25, -0.2) is 0 Å². The van der Waals surface area contributed by atoms with Gasteiger partial charge in [0.05, 0.1) is 0 Å². The van der Waals surface area contributed by atoms with Gasteiger partial charge in [0, 0.05) is 38.2 Å². The first kappa shape index (κ1) is 17.5. The second-order valence-corrected chi connectivity index (χ2v) is 6.55.